The highest BCUT2D eigenvalue weighted by atomic mass is 16.1. The van der Waals surface area contributed by atoms with Crippen LogP contribution >= 0.6 is 0 Å². The van der Waals surface area contributed by atoms with E-state index in [2.05, 4.69) is 10.3 Å². The molecular formula is C10H11N3O. The van der Waals surface area contributed by atoms with Gasteiger partial charge in [-0.15, -0.1) is 0 Å². The van der Waals surface area contributed by atoms with Crippen molar-refractivity contribution < 1.29 is 4.79 Å². The normalized spacial score (nSPS) is 10.4. The molecule has 0 aliphatic carbocycles. The Hall–Kier alpha value is -1.84. The number of fused-ring (bicyclic) bond motifs is 1. The standard InChI is InChI=1S/C10H11N3O/c1-7(14)11-10-12-8-5-3-4-6-9(8)13(10)2/h3-6H,1-2H3,(H,11,12,14). The molecule has 0 aliphatic heterocycles. The highest BCUT2D eigenvalue weighted by Gasteiger charge is 2.06. The van der Waals surface area contributed by atoms with Crippen LogP contribution in [-0.2, 0) is 11.8 Å². The Morgan fingerprint density at radius 3 is 2.79 bits per heavy atom. The number of nitrogens with one attached hydrogen (secondary N) is 1. The molecular weight excluding hydrogens is 178 g/mol. The van der Waals surface area contributed by atoms with Crippen LogP contribution in [0.4, 0.5) is 5.95 Å². The zero-order valence-corrected chi connectivity index (χ0v) is 8.11. The molecule has 1 N–H and O–H groups in total. The number of para-hydroxylation sites is 2. The summed E-state index contributed by atoms with van der Waals surface area (Å²) in [5.74, 6) is 0.474. The summed E-state index contributed by atoms with van der Waals surface area (Å²) in [6.07, 6.45) is 0. The summed E-state index contributed by atoms with van der Waals surface area (Å²) in [6.45, 7) is 1.47. The lowest BCUT2D eigenvalue weighted by atomic mass is 10.3. The van der Waals surface area contributed by atoms with E-state index < -0.39 is 0 Å². The zero-order valence-electron chi connectivity index (χ0n) is 8.11. The Kier molecular flexibility index (Phi) is 1.96. The van der Waals surface area contributed by atoms with Crippen LogP contribution in [0.2, 0.25) is 0 Å². The number of anilines is 1. The van der Waals surface area contributed by atoms with E-state index in [9.17, 15) is 4.79 Å². The van der Waals surface area contributed by atoms with Gasteiger partial charge in [0, 0.05) is 14.0 Å². The Balaban J connectivity index is 2.57. The lowest BCUT2D eigenvalue weighted by molar-refractivity contribution is -0.114. The van der Waals surface area contributed by atoms with Crippen LogP contribution in [0.5, 0.6) is 0 Å². The molecule has 14 heavy (non-hydrogen) atoms. The van der Waals surface area contributed by atoms with Gasteiger partial charge in [0.2, 0.25) is 11.9 Å². The van der Waals surface area contributed by atoms with Crippen molar-refractivity contribution >= 4 is 22.9 Å². The topological polar surface area (TPSA) is 46.9 Å². The number of hydrogen-bond donors (Lipinski definition) is 1. The number of benzene rings is 1. The Morgan fingerprint density at radius 2 is 2.14 bits per heavy atom. The molecule has 0 saturated heterocycles. The molecule has 1 heterocycles. The summed E-state index contributed by atoms with van der Waals surface area (Å²) < 4.78 is 1.86. The van der Waals surface area contributed by atoms with E-state index in [0.29, 0.717) is 5.95 Å². The van der Waals surface area contributed by atoms with Crippen LogP contribution in [0.1, 0.15) is 6.92 Å². The van der Waals surface area contributed by atoms with Crippen molar-refractivity contribution in [3.63, 3.8) is 0 Å². The van der Waals surface area contributed by atoms with Crippen molar-refractivity contribution in [3.05, 3.63) is 24.3 Å². The highest BCUT2D eigenvalue weighted by Crippen LogP contribution is 2.17. The predicted molar refractivity (Wildman–Crippen MR) is 55.0 cm³/mol. The van der Waals surface area contributed by atoms with E-state index in [1.54, 1.807) is 0 Å². The van der Waals surface area contributed by atoms with Crippen molar-refractivity contribution in [1.29, 1.82) is 0 Å². The summed E-state index contributed by atoms with van der Waals surface area (Å²) in [7, 11) is 1.88. The molecule has 0 bridgehead atoms. The minimum atomic E-state index is -0.108. The second-order valence-corrected chi connectivity index (χ2v) is 3.16. The smallest absolute Gasteiger partial charge is 0.223 e. The van der Waals surface area contributed by atoms with Crippen LogP contribution in [0.3, 0.4) is 0 Å². The van der Waals surface area contributed by atoms with Gasteiger partial charge in [-0.2, -0.15) is 0 Å². The molecule has 0 spiro atoms. The SMILES string of the molecule is CC(=O)Nc1nc2ccccc2n1C. The van der Waals surface area contributed by atoms with E-state index >= 15 is 0 Å². The fourth-order valence-electron chi connectivity index (χ4n) is 1.41. The number of imidazole rings is 1. The third-order valence-corrected chi connectivity index (χ3v) is 2.07. The third kappa shape index (κ3) is 1.35. The number of rotatable bonds is 1. The van der Waals surface area contributed by atoms with Gasteiger partial charge < -0.3 is 4.57 Å². The highest BCUT2D eigenvalue weighted by molar-refractivity contribution is 5.89. The van der Waals surface area contributed by atoms with Crippen LogP contribution < -0.4 is 5.32 Å². The largest absolute Gasteiger partial charge is 0.313 e. The fraction of sp³-hybridized carbons (Fsp3) is 0.200. The maximum Gasteiger partial charge on any atom is 0.223 e. The monoisotopic (exact) mass is 189 g/mol. The van der Waals surface area contributed by atoms with Crippen molar-refractivity contribution in [1.82, 2.24) is 9.55 Å². The molecule has 0 saturated carbocycles. The summed E-state index contributed by atoms with van der Waals surface area (Å²) >= 11 is 0. The molecule has 4 nitrogen and oxygen atoms in total. The Labute approximate surface area is 81.6 Å². The van der Waals surface area contributed by atoms with Gasteiger partial charge in [-0.05, 0) is 12.1 Å². The summed E-state index contributed by atoms with van der Waals surface area (Å²) in [6, 6.07) is 7.75. The molecule has 1 amide bonds. The molecule has 0 aliphatic rings. The minimum Gasteiger partial charge on any atom is -0.313 e. The number of aromatic nitrogens is 2. The maximum absolute atomic E-state index is 10.9. The molecule has 2 aromatic rings. The number of carbonyl (C=O) groups excluding carboxylic acids is 1. The Bertz CT molecular complexity index is 487. The number of aryl methyl sites for hydroxylation is 1. The molecule has 4 heteroatoms. The third-order valence-electron chi connectivity index (χ3n) is 2.07. The summed E-state index contributed by atoms with van der Waals surface area (Å²) in [5.41, 5.74) is 1.90. The van der Waals surface area contributed by atoms with Crippen LogP contribution in [0.25, 0.3) is 11.0 Å². The first-order valence-electron chi connectivity index (χ1n) is 4.37. The first-order chi connectivity index (χ1) is 6.68. The summed E-state index contributed by atoms with van der Waals surface area (Å²) in [5, 5.41) is 2.68. The van der Waals surface area contributed by atoms with Gasteiger partial charge >= 0.3 is 0 Å². The molecule has 0 unspecified atom stereocenters. The van der Waals surface area contributed by atoms with Gasteiger partial charge in [-0.3, -0.25) is 10.1 Å². The van der Waals surface area contributed by atoms with Crippen LogP contribution in [-0.4, -0.2) is 15.5 Å². The average molecular weight is 189 g/mol. The van der Waals surface area contributed by atoms with E-state index in [1.807, 2.05) is 35.9 Å². The molecule has 0 atom stereocenters. The van der Waals surface area contributed by atoms with E-state index in [4.69, 9.17) is 0 Å². The second kappa shape index (κ2) is 3.14. The van der Waals surface area contributed by atoms with E-state index in [1.165, 1.54) is 6.92 Å². The number of nitrogens with zero attached hydrogens (tertiary/aromatic N) is 2. The second-order valence-electron chi connectivity index (χ2n) is 3.16. The average Bonchev–Trinajstić information content (AvgIpc) is 2.44. The molecule has 1 aromatic carbocycles. The first-order valence-corrected chi connectivity index (χ1v) is 4.37. The van der Waals surface area contributed by atoms with Gasteiger partial charge in [-0.25, -0.2) is 4.98 Å². The molecule has 0 radical (unpaired) electrons. The zero-order chi connectivity index (χ0) is 10.1. The molecule has 2 rings (SSSR count). The predicted octanol–water partition coefficient (Wildman–Crippen LogP) is 1.53. The lowest BCUT2D eigenvalue weighted by Crippen LogP contribution is -2.10. The number of carbonyl (C=O) groups is 1. The van der Waals surface area contributed by atoms with Gasteiger partial charge in [-0.1, -0.05) is 12.1 Å². The Morgan fingerprint density at radius 1 is 1.43 bits per heavy atom. The first kappa shape index (κ1) is 8.74. The van der Waals surface area contributed by atoms with Gasteiger partial charge in [0.15, 0.2) is 0 Å². The minimum absolute atomic E-state index is 0.108. The fourth-order valence-corrected chi connectivity index (χ4v) is 1.41. The van der Waals surface area contributed by atoms with Gasteiger partial charge in [0.1, 0.15) is 0 Å². The van der Waals surface area contributed by atoms with Crippen molar-refractivity contribution in [2.75, 3.05) is 5.32 Å². The van der Waals surface area contributed by atoms with Crippen molar-refractivity contribution in [3.8, 4) is 0 Å². The van der Waals surface area contributed by atoms with Gasteiger partial charge in [0.25, 0.3) is 0 Å². The number of hydrogen-bond acceptors (Lipinski definition) is 2. The summed E-state index contributed by atoms with van der Waals surface area (Å²) in [4.78, 5) is 15.2. The van der Waals surface area contributed by atoms with Gasteiger partial charge in [0.05, 0.1) is 11.0 Å². The van der Waals surface area contributed by atoms with Crippen LogP contribution in [0.15, 0.2) is 24.3 Å². The van der Waals surface area contributed by atoms with Crippen molar-refractivity contribution in [2.24, 2.45) is 7.05 Å². The maximum atomic E-state index is 10.9. The van der Waals surface area contributed by atoms with E-state index in [-0.39, 0.29) is 5.91 Å². The molecule has 0 fully saturated rings. The van der Waals surface area contributed by atoms with E-state index in [0.717, 1.165) is 11.0 Å². The lowest BCUT2D eigenvalue weighted by Gasteiger charge is -2.00. The quantitative estimate of drug-likeness (QED) is 0.739. The number of amides is 1. The van der Waals surface area contributed by atoms with Crippen molar-refractivity contribution in [2.45, 2.75) is 6.92 Å². The molecule has 72 valence electrons. The van der Waals surface area contributed by atoms with Crippen LogP contribution in [0, 0.1) is 0 Å². The molecule has 1 aromatic heterocycles.